The van der Waals surface area contributed by atoms with E-state index in [0.29, 0.717) is 12.1 Å². The Bertz CT molecular complexity index is 627. The fourth-order valence-electron chi connectivity index (χ4n) is 4.96. The third-order valence-corrected chi connectivity index (χ3v) is 6.83. The van der Waals surface area contributed by atoms with E-state index >= 15 is 0 Å². The lowest BCUT2D eigenvalue weighted by atomic mass is 9.85. The van der Waals surface area contributed by atoms with E-state index < -0.39 is 0 Å². The van der Waals surface area contributed by atoms with E-state index in [1.54, 1.807) is 0 Å². The molecule has 4 aliphatic heterocycles. The van der Waals surface area contributed by atoms with Gasteiger partial charge in [0, 0.05) is 38.4 Å². The maximum Gasteiger partial charge on any atom is 0.123 e. The quantitative estimate of drug-likeness (QED) is 0.896. The first-order chi connectivity index (χ1) is 12.2. The minimum Gasteiger partial charge on any atom is -0.487 e. The van der Waals surface area contributed by atoms with Crippen LogP contribution >= 0.6 is 0 Å². The van der Waals surface area contributed by atoms with E-state index in [-0.39, 0.29) is 5.60 Å². The minimum atomic E-state index is 0.0522. The van der Waals surface area contributed by atoms with Crippen molar-refractivity contribution in [2.45, 2.75) is 56.7 Å². The first kappa shape index (κ1) is 16.1. The van der Waals surface area contributed by atoms with Gasteiger partial charge in [-0.25, -0.2) is 0 Å². The van der Waals surface area contributed by atoms with Gasteiger partial charge in [0.05, 0.1) is 19.3 Å². The second-order valence-corrected chi connectivity index (χ2v) is 8.70. The van der Waals surface area contributed by atoms with Crippen molar-refractivity contribution in [2.24, 2.45) is 5.92 Å². The third kappa shape index (κ3) is 2.98. The van der Waals surface area contributed by atoms with Gasteiger partial charge in [0.15, 0.2) is 0 Å². The Morgan fingerprint density at radius 1 is 1.16 bits per heavy atom. The zero-order valence-corrected chi connectivity index (χ0v) is 15.3. The molecule has 3 fully saturated rings. The smallest absolute Gasteiger partial charge is 0.123 e. The molecule has 1 spiro atoms. The lowest BCUT2D eigenvalue weighted by Gasteiger charge is -2.44. The van der Waals surface area contributed by atoms with Crippen molar-refractivity contribution >= 4 is 0 Å². The average Bonchev–Trinajstić information content (AvgIpc) is 2.93. The third-order valence-electron chi connectivity index (χ3n) is 6.83. The Balaban J connectivity index is 1.26. The van der Waals surface area contributed by atoms with Gasteiger partial charge in [0.2, 0.25) is 0 Å². The van der Waals surface area contributed by atoms with Gasteiger partial charge < -0.3 is 14.8 Å². The number of benzene rings is 1. The van der Waals surface area contributed by atoms with E-state index in [9.17, 15) is 0 Å². The van der Waals surface area contributed by atoms with Crippen LogP contribution in [0, 0.1) is 5.92 Å². The number of nitrogens with one attached hydrogen (secondary N) is 1. The van der Waals surface area contributed by atoms with Crippen LogP contribution in [0.25, 0.3) is 0 Å². The summed E-state index contributed by atoms with van der Waals surface area (Å²) >= 11 is 0. The molecule has 0 bridgehead atoms. The molecule has 4 nitrogen and oxygen atoms in total. The molecule has 4 heteroatoms. The van der Waals surface area contributed by atoms with Crippen LogP contribution in [-0.4, -0.2) is 49.4 Å². The molecule has 136 valence electrons. The van der Waals surface area contributed by atoms with Crippen molar-refractivity contribution in [3.8, 4) is 5.75 Å². The molecule has 1 unspecified atom stereocenters. The highest BCUT2D eigenvalue weighted by Gasteiger charge is 2.44. The summed E-state index contributed by atoms with van der Waals surface area (Å²) in [7, 11) is 0. The summed E-state index contributed by atoms with van der Waals surface area (Å²) in [4.78, 5) is 2.60. The van der Waals surface area contributed by atoms with Gasteiger partial charge in [0.25, 0.3) is 0 Å². The Morgan fingerprint density at radius 3 is 2.68 bits per heavy atom. The number of hydrogen-bond donors (Lipinski definition) is 1. The SMILES string of the molecule is C[C@H]1CCC(c2ccc3c(c2)CC2(CCN(C4COC4)CC2)O3)NC1. The van der Waals surface area contributed by atoms with Crippen molar-refractivity contribution in [3.05, 3.63) is 29.3 Å². The van der Waals surface area contributed by atoms with E-state index in [2.05, 4.69) is 35.3 Å². The largest absolute Gasteiger partial charge is 0.487 e. The number of hydrogen-bond acceptors (Lipinski definition) is 4. The number of ether oxygens (including phenoxy) is 2. The second-order valence-electron chi connectivity index (χ2n) is 8.70. The summed E-state index contributed by atoms with van der Waals surface area (Å²) < 4.78 is 11.9. The Labute approximate surface area is 150 Å². The van der Waals surface area contributed by atoms with Crippen LogP contribution in [0.5, 0.6) is 5.75 Å². The van der Waals surface area contributed by atoms with Gasteiger partial charge in [-0.05, 0) is 42.5 Å². The molecular formula is C21H30N2O2. The molecule has 0 saturated carbocycles. The fourth-order valence-corrected chi connectivity index (χ4v) is 4.96. The molecule has 1 N–H and O–H groups in total. The van der Waals surface area contributed by atoms with Crippen LogP contribution in [0.3, 0.4) is 0 Å². The standard InChI is InChI=1S/C21H30N2O2/c1-15-2-4-19(22-12-15)16-3-5-20-17(10-16)11-21(25-20)6-8-23(9-7-21)18-13-24-14-18/h3,5,10,15,18-19,22H,2,4,6-9,11-14H2,1H3/t15-,19?/m0/s1. The zero-order valence-electron chi connectivity index (χ0n) is 15.3. The van der Waals surface area contributed by atoms with Gasteiger partial charge in [-0.2, -0.15) is 0 Å². The first-order valence-electron chi connectivity index (χ1n) is 10.1. The Hall–Kier alpha value is -1.10. The monoisotopic (exact) mass is 342 g/mol. The zero-order chi connectivity index (χ0) is 16.9. The van der Waals surface area contributed by atoms with Crippen LogP contribution < -0.4 is 10.1 Å². The summed E-state index contributed by atoms with van der Waals surface area (Å²) in [5, 5.41) is 3.72. The molecule has 0 radical (unpaired) electrons. The molecule has 0 amide bonds. The molecule has 3 saturated heterocycles. The summed E-state index contributed by atoms with van der Waals surface area (Å²) in [6.07, 6.45) is 5.97. The van der Waals surface area contributed by atoms with Gasteiger partial charge in [0.1, 0.15) is 11.4 Å². The Kier molecular flexibility index (Phi) is 4.03. The van der Waals surface area contributed by atoms with Crippen molar-refractivity contribution in [3.63, 3.8) is 0 Å². The molecule has 1 aromatic carbocycles. The highest BCUT2D eigenvalue weighted by molar-refractivity contribution is 5.43. The van der Waals surface area contributed by atoms with Crippen LogP contribution in [0.2, 0.25) is 0 Å². The lowest BCUT2D eigenvalue weighted by molar-refractivity contribution is -0.0897. The number of nitrogens with zero attached hydrogens (tertiary/aromatic N) is 1. The molecule has 1 aromatic rings. The van der Waals surface area contributed by atoms with Gasteiger partial charge in [-0.15, -0.1) is 0 Å². The highest BCUT2D eigenvalue weighted by Crippen LogP contribution is 2.42. The number of likely N-dealkylation sites (tertiary alicyclic amines) is 1. The fraction of sp³-hybridized carbons (Fsp3) is 0.714. The number of fused-ring (bicyclic) bond motifs is 1. The molecule has 4 heterocycles. The van der Waals surface area contributed by atoms with Crippen molar-refractivity contribution in [1.29, 1.82) is 0 Å². The topological polar surface area (TPSA) is 33.7 Å². The van der Waals surface area contributed by atoms with Crippen LogP contribution in [0.1, 0.15) is 49.8 Å². The van der Waals surface area contributed by atoms with Gasteiger partial charge >= 0.3 is 0 Å². The predicted octanol–water partition coefficient (Wildman–Crippen LogP) is 2.92. The Morgan fingerprint density at radius 2 is 2.00 bits per heavy atom. The predicted molar refractivity (Wildman–Crippen MR) is 98.1 cm³/mol. The van der Waals surface area contributed by atoms with E-state index in [4.69, 9.17) is 9.47 Å². The van der Waals surface area contributed by atoms with Crippen molar-refractivity contribution < 1.29 is 9.47 Å². The number of piperidine rings is 2. The summed E-state index contributed by atoms with van der Waals surface area (Å²) in [6, 6.07) is 8.12. The number of rotatable bonds is 2. The van der Waals surface area contributed by atoms with Crippen LogP contribution in [0.4, 0.5) is 0 Å². The molecular weight excluding hydrogens is 312 g/mol. The summed E-state index contributed by atoms with van der Waals surface area (Å²) in [6.45, 7) is 7.62. The molecule has 0 aromatic heterocycles. The van der Waals surface area contributed by atoms with E-state index in [0.717, 1.165) is 63.8 Å². The van der Waals surface area contributed by atoms with Gasteiger partial charge in [-0.1, -0.05) is 19.1 Å². The maximum absolute atomic E-state index is 6.50. The molecule has 2 atom stereocenters. The maximum atomic E-state index is 6.50. The molecule has 0 aliphatic carbocycles. The molecule has 25 heavy (non-hydrogen) atoms. The average molecular weight is 342 g/mol. The first-order valence-corrected chi connectivity index (χ1v) is 10.1. The van der Waals surface area contributed by atoms with E-state index in [1.807, 2.05) is 0 Å². The van der Waals surface area contributed by atoms with Crippen LogP contribution in [-0.2, 0) is 11.2 Å². The highest BCUT2D eigenvalue weighted by atomic mass is 16.5. The molecule has 4 aliphatic rings. The van der Waals surface area contributed by atoms with Crippen LogP contribution in [0.15, 0.2) is 18.2 Å². The lowest BCUT2D eigenvalue weighted by Crippen LogP contribution is -2.56. The van der Waals surface area contributed by atoms with Gasteiger partial charge in [-0.3, -0.25) is 4.90 Å². The summed E-state index contributed by atoms with van der Waals surface area (Å²) in [5.41, 5.74) is 2.94. The molecule has 5 rings (SSSR count). The van der Waals surface area contributed by atoms with E-state index in [1.165, 1.54) is 24.0 Å². The normalized spacial score (nSPS) is 32.2. The van der Waals surface area contributed by atoms with Crippen molar-refractivity contribution in [2.75, 3.05) is 32.8 Å². The minimum absolute atomic E-state index is 0.0522. The van der Waals surface area contributed by atoms with Crippen molar-refractivity contribution in [1.82, 2.24) is 10.2 Å². The second kappa shape index (κ2) is 6.26. The summed E-state index contributed by atoms with van der Waals surface area (Å²) in [5.74, 6) is 1.94.